The summed E-state index contributed by atoms with van der Waals surface area (Å²) in [5, 5.41) is 15.7. The Morgan fingerprint density at radius 3 is 2.16 bits per heavy atom. The van der Waals surface area contributed by atoms with E-state index in [1.165, 1.54) is 18.2 Å². The van der Waals surface area contributed by atoms with Crippen molar-refractivity contribution in [2.45, 2.75) is 0 Å². The monoisotopic (exact) mass is 357 g/mol. The molecule has 0 radical (unpaired) electrons. The van der Waals surface area contributed by atoms with E-state index in [4.69, 9.17) is 11.8 Å². The van der Waals surface area contributed by atoms with Crippen molar-refractivity contribution in [2.24, 2.45) is 0 Å². The number of phenolic OH excluding ortho intramolecular Hbond substituents is 1. The third kappa shape index (κ3) is 3.05. The van der Waals surface area contributed by atoms with Gasteiger partial charge in [0, 0.05) is 17.5 Å². The first-order chi connectivity index (χ1) is 12.0. The molecule has 7 nitrogen and oxygen atoms in total. The highest BCUT2D eigenvalue weighted by molar-refractivity contribution is 6.24. The predicted molar refractivity (Wildman–Crippen MR) is 95.8 cm³/mol. The molecule has 25 heavy (non-hydrogen) atoms. The van der Waals surface area contributed by atoms with E-state index in [1.54, 1.807) is 24.3 Å². The van der Waals surface area contributed by atoms with Gasteiger partial charge in [-0.2, -0.15) is 0 Å². The van der Waals surface area contributed by atoms with Crippen molar-refractivity contribution in [2.75, 3.05) is 10.6 Å². The number of benzene rings is 2. The van der Waals surface area contributed by atoms with E-state index in [1.807, 2.05) is 10.9 Å². The standard InChI is InChI=1S/C17H12ClN3O4/c18-21-17(25)10-7-4-8-11(14(10)22)20-13-12(15(23)16(13)24)19-9-5-2-1-3-6-9/h1-8,19-20,22H,(H,21,25). The normalized spacial score (nSPS) is 10.4. The van der Waals surface area contributed by atoms with Gasteiger partial charge in [0.05, 0.1) is 11.3 Å². The lowest BCUT2D eigenvalue weighted by atomic mass is 10.1. The van der Waals surface area contributed by atoms with E-state index >= 15 is 0 Å². The Labute approximate surface area is 146 Å². The van der Waals surface area contributed by atoms with Crippen LogP contribution in [0.5, 0.6) is 5.75 Å². The zero-order valence-electron chi connectivity index (χ0n) is 12.7. The topological polar surface area (TPSA) is 108 Å². The maximum atomic E-state index is 11.9. The van der Waals surface area contributed by atoms with Gasteiger partial charge in [-0.05, 0) is 24.3 Å². The molecule has 3 aromatic rings. The molecule has 0 aromatic heterocycles. The maximum Gasteiger partial charge on any atom is 0.269 e. The van der Waals surface area contributed by atoms with Crippen molar-refractivity contribution in [3.63, 3.8) is 0 Å². The average Bonchev–Trinajstić information content (AvgIpc) is 2.65. The first kappa shape index (κ1) is 16.5. The van der Waals surface area contributed by atoms with Gasteiger partial charge in [0.25, 0.3) is 16.8 Å². The summed E-state index contributed by atoms with van der Waals surface area (Å²) in [5.41, 5.74) is -0.629. The Kier molecular flexibility index (Phi) is 4.40. The summed E-state index contributed by atoms with van der Waals surface area (Å²) in [4.78, 5) is 37.2. The molecule has 0 unspecified atom stereocenters. The number of anilines is 4. The quantitative estimate of drug-likeness (QED) is 0.317. The molecule has 0 aliphatic rings. The highest BCUT2D eigenvalue weighted by Crippen LogP contribution is 2.32. The SMILES string of the molecule is O=C(NCl)c1cccc(Nc2c(Nc3ccccc3)c(=O)c2=O)c1O. The first-order valence-electron chi connectivity index (χ1n) is 7.18. The Morgan fingerprint density at radius 2 is 1.52 bits per heavy atom. The third-order valence-electron chi connectivity index (χ3n) is 3.58. The number of carbonyl (C=O) groups excluding carboxylic acids is 1. The molecule has 0 aliphatic carbocycles. The smallest absolute Gasteiger partial charge is 0.269 e. The van der Waals surface area contributed by atoms with Crippen molar-refractivity contribution in [1.82, 2.24) is 4.84 Å². The summed E-state index contributed by atoms with van der Waals surface area (Å²) in [5.74, 6) is -1.09. The Hall–Kier alpha value is -3.32. The summed E-state index contributed by atoms with van der Waals surface area (Å²) in [6.07, 6.45) is 0. The van der Waals surface area contributed by atoms with Gasteiger partial charge >= 0.3 is 0 Å². The van der Waals surface area contributed by atoms with E-state index in [0.717, 1.165) is 0 Å². The predicted octanol–water partition coefficient (Wildman–Crippen LogP) is 2.36. The fourth-order valence-corrected chi connectivity index (χ4v) is 2.41. The lowest BCUT2D eigenvalue weighted by Gasteiger charge is -2.16. The second kappa shape index (κ2) is 6.66. The number of nitrogens with one attached hydrogen (secondary N) is 3. The van der Waals surface area contributed by atoms with Crippen LogP contribution in [0.25, 0.3) is 0 Å². The molecule has 0 atom stereocenters. The second-order valence-electron chi connectivity index (χ2n) is 5.15. The molecular weight excluding hydrogens is 346 g/mol. The van der Waals surface area contributed by atoms with Gasteiger partial charge in [0.2, 0.25) is 0 Å². The summed E-state index contributed by atoms with van der Waals surface area (Å²) in [6.45, 7) is 0. The van der Waals surface area contributed by atoms with Crippen molar-refractivity contribution in [3.05, 3.63) is 74.5 Å². The molecule has 0 aliphatic heterocycles. The van der Waals surface area contributed by atoms with E-state index < -0.39 is 16.8 Å². The zero-order valence-corrected chi connectivity index (χ0v) is 13.4. The molecule has 126 valence electrons. The molecule has 0 fully saturated rings. The highest BCUT2D eigenvalue weighted by Gasteiger charge is 2.23. The molecular formula is C17H12ClN3O4. The van der Waals surface area contributed by atoms with E-state index in [2.05, 4.69) is 10.6 Å². The first-order valence-corrected chi connectivity index (χ1v) is 7.56. The number of para-hydroxylation sites is 2. The third-order valence-corrected chi connectivity index (χ3v) is 3.75. The fourth-order valence-electron chi connectivity index (χ4n) is 2.31. The number of amides is 1. The van der Waals surface area contributed by atoms with Crippen LogP contribution in [0, 0.1) is 0 Å². The lowest BCUT2D eigenvalue weighted by Crippen LogP contribution is -2.35. The van der Waals surface area contributed by atoms with Crippen molar-refractivity contribution >= 4 is 40.4 Å². The van der Waals surface area contributed by atoms with Crippen molar-refractivity contribution in [1.29, 1.82) is 0 Å². The minimum absolute atomic E-state index is 0.00702. The molecule has 8 heteroatoms. The van der Waals surface area contributed by atoms with Crippen LogP contribution in [0.15, 0.2) is 58.1 Å². The van der Waals surface area contributed by atoms with Crippen LogP contribution in [-0.2, 0) is 0 Å². The summed E-state index contributed by atoms with van der Waals surface area (Å²) in [7, 11) is 0. The number of rotatable bonds is 5. The fraction of sp³-hybridized carbons (Fsp3) is 0. The molecule has 0 heterocycles. The molecule has 0 saturated carbocycles. The molecule has 3 aromatic carbocycles. The van der Waals surface area contributed by atoms with Crippen LogP contribution in [0.4, 0.5) is 22.7 Å². The van der Waals surface area contributed by atoms with Gasteiger partial charge in [0.15, 0.2) is 5.75 Å². The van der Waals surface area contributed by atoms with Gasteiger partial charge in [-0.15, -0.1) is 0 Å². The van der Waals surface area contributed by atoms with E-state index in [0.29, 0.717) is 5.69 Å². The van der Waals surface area contributed by atoms with Crippen LogP contribution >= 0.6 is 11.8 Å². The second-order valence-corrected chi connectivity index (χ2v) is 5.34. The highest BCUT2D eigenvalue weighted by atomic mass is 35.5. The lowest BCUT2D eigenvalue weighted by molar-refractivity contribution is 0.0979. The van der Waals surface area contributed by atoms with Crippen molar-refractivity contribution < 1.29 is 9.90 Å². The van der Waals surface area contributed by atoms with Gasteiger partial charge < -0.3 is 15.7 Å². The number of halogens is 1. The summed E-state index contributed by atoms with van der Waals surface area (Å²) < 4.78 is 0. The Morgan fingerprint density at radius 1 is 0.880 bits per heavy atom. The van der Waals surface area contributed by atoms with Gasteiger partial charge in [-0.3, -0.25) is 19.2 Å². The largest absolute Gasteiger partial charge is 0.505 e. The Bertz CT molecular complexity index is 1010. The zero-order chi connectivity index (χ0) is 18.0. The molecule has 0 saturated heterocycles. The number of carbonyl (C=O) groups is 1. The number of hydrogen-bond acceptors (Lipinski definition) is 6. The summed E-state index contributed by atoms with van der Waals surface area (Å²) >= 11 is 5.26. The van der Waals surface area contributed by atoms with Crippen LogP contribution < -0.4 is 26.3 Å². The Balaban J connectivity index is 1.93. The van der Waals surface area contributed by atoms with Crippen LogP contribution in [0.3, 0.4) is 0 Å². The number of hydrogen-bond donors (Lipinski definition) is 4. The molecule has 0 bridgehead atoms. The number of aromatic hydroxyl groups is 1. The maximum absolute atomic E-state index is 11.9. The van der Waals surface area contributed by atoms with E-state index in [-0.39, 0.29) is 28.4 Å². The van der Waals surface area contributed by atoms with Gasteiger partial charge in [0.1, 0.15) is 11.4 Å². The van der Waals surface area contributed by atoms with Crippen LogP contribution in [0.1, 0.15) is 10.4 Å². The average molecular weight is 358 g/mol. The molecule has 3 rings (SSSR count). The molecule has 4 N–H and O–H groups in total. The van der Waals surface area contributed by atoms with Crippen LogP contribution in [-0.4, -0.2) is 11.0 Å². The minimum Gasteiger partial charge on any atom is -0.505 e. The van der Waals surface area contributed by atoms with E-state index in [9.17, 15) is 19.5 Å². The molecule has 1 amide bonds. The van der Waals surface area contributed by atoms with Gasteiger partial charge in [-0.25, -0.2) is 0 Å². The molecule has 0 spiro atoms. The van der Waals surface area contributed by atoms with Crippen LogP contribution in [0.2, 0.25) is 0 Å². The van der Waals surface area contributed by atoms with Crippen molar-refractivity contribution in [3.8, 4) is 5.75 Å². The summed E-state index contributed by atoms with van der Waals surface area (Å²) in [6, 6.07) is 13.2. The number of phenols is 1. The minimum atomic E-state index is -0.718. The van der Waals surface area contributed by atoms with Gasteiger partial charge in [-0.1, -0.05) is 24.3 Å².